The third-order valence-corrected chi connectivity index (χ3v) is 21.5. The lowest BCUT2D eigenvalue weighted by molar-refractivity contribution is 0.775. The minimum Gasteiger partial charge on any atom is -0.369 e. The fourth-order valence-corrected chi connectivity index (χ4v) is 15.2. The number of hydrogen-bond donors (Lipinski definition) is 5. The Morgan fingerprint density at radius 1 is 0.349 bits per heavy atom. The number of nitrogens with zero attached hydrogens (tertiary/aromatic N) is 10. The van der Waals surface area contributed by atoms with E-state index in [9.17, 15) is 0 Å². The molecule has 0 saturated heterocycles. The average molecular weight is 1660 g/mol. The molecule has 0 aliphatic carbocycles. The molecule has 10 aromatic rings. The van der Waals surface area contributed by atoms with Crippen molar-refractivity contribution < 1.29 is 0 Å². The zero-order valence-corrected chi connectivity index (χ0v) is 67.0. The van der Waals surface area contributed by atoms with E-state index < -0.39 is 0 Å². The monoisotopic (exact) mass is 1660 g/mol. The van der Waals surface area contributed by atoms with E-state index in [-0.39, 0.29) is 0 Å². The summed E-state index contributed by atoms with van der Waals surface area (Å²) in [6, 6.07) is 70.0. The maximum atomic E-state index is 6.29. The van der Waals surface area contributed by atoms with Crippen LogP contribution in [0.2, 0.25) is 25.1 Å². The second-order valence-corrected chi connectivity index (χ2v) is 30.5. The molecule has 15 nitrogen and oxygen atoms in total. The van der Waals surface area contributed by atoms with Crippen molar-refractivity contribution >= 4 is 188 Å². The highest BCUT2D eigenvalue weighted by Crippen LogP contribution is 2.37. The first-order valence-electron chi connectivity index (χ1n) is 35.0. The average Bonchev–Trinajstić information content (AvgIpc) is 0.830. The molecule has 15 rings (SSSR count). The zero-order chi connectivity index (χ0) is 74.8. The summed E-state index contributed by atoms with van der Waals surface area (Å²) in [5, 5.41) is 2.84. The Balaban J connectivity index is 0.000000132. The Morgan fingerprint density at radius 2 is 0.708 bits per heavy atom. The molecule has 546 valence electrons. The largest absolute Gasteiger partial charge is 0.369 e. The molecule has 5 heterocycles. The third kappa shape index (κ3) is 20.7. The van der Waals surface area contributed by atoms with Gasteiger partial charge in [0.25, 0.3) is 0 Å². The Labute approximate surface area is 668 Å². The number of hydrogen-bond acceptors (Lipinski definition) is 6. The SMILES string of the molecule is CSc1ccc(Cl)c(N=C(N)N2CCCc3ccccc32)c1.Cc1ccc(C)c(N=C(N)N2CCCc3ccccc32)c1.NC(=Nc1cc(Br)ccc1Br)N1CCCc2ccccc21.NC(=Nc1cc(Cl)cc(Cl)c1)N1CCCc2ccccc21.NC(=Nc1cc(Cl)ccc1Cl)N1CCCc2ccccc21. The fourth-order valence-electron chi connectivity index (χ4n) is 13.1. The van der Waals surface area contributed by atoms with Crippen LogP contribution >= 0.6 is 102 Å². The summed E-state index contributed by atoms with van der Waals surface area (Å²) in [4.78, 5) is 34.2. The molecule has 5 aliphatic rings. The summed E-state index contributed by atoms with van der Waals surface area (Å²) >= 11 is 39.0. The molecule has 0 fully saturated rings. The molecule has 0 unspecified atom stereocenters. The van der Waals surface area contributed by atoms with Crippen LogP contribution in [0.4, 0.5) is 56.9 Å². The Hall–Kier alpha value is -8.69. The van der Waals surface area contributed by atoms with E-state index in [2.05, 4.69) is 188 Å². The van der Waals surface area contributed by atoms with E-state index in [1.165, 1.54) is 39.1 Å². The molecule has 10 aromatic carbocycles. The highest BCUT2D eigenvalue weighted by atomic mass is 79.9. The molecule has 0 atom stereocenters. The van der Waals surface area contributed by atoms with Gasteiger partial charge in [-0.05, 0) is 248 Å². The number of nitrogens with two attached hydrogens (primary N) is 5. The van der Waals surface area contributed by atoms with Crippen molar-refractivity contribution in [3.63, 3.8) is 0 Å². The van der Waals surface area contributed by atoms with Gasteiger partial charge in [-0.1, -0.05) is 177 Å². The van der Waals surface area contributed by atoms with Gasteiger partial charge in [0, 0.05) is 90.1 Å². The number of para-hydroxylation sites is 5. The Morgan fingerprint density at radius 3 is 1.11 bits per heavy atom. The maximum Gasteiger partial charge on any atom is 0.201 e. The minimum absolute atomic E-state index is 0.436. The fraction of sp³-hybridized carbons (Fsp3) is 0.217. The minimum atomic E-state index is 0.436. The quantitative estimate of drug-likeness (QED) is 0.0601. The van der Waals surface area contributed by atoms with Crippen molar-refractivity contribution in [1.82, 2.24) is 0 Å². The van der Waals surface area contributed by atoms with Crippen molar-refractivity contribution in [3.05, 3.63) is 285 Å². The van der Waals surface area contributed by atoms with Crippen LogP contribution in [0, 0.1) is 13.8 Å². The number of benzene rings is 10. The van der Waals surface area contributed by atoms with Crippen molar-refractivity contribution in [1.29, 1.82) is 0 Å². The Kier molecular flexibility index (Phi) is 27.9. The zero-order valence-electron chi connectivity index (χ0n) is 59.2. The predicted octanol–water partition coefficient (Wildman–Crippen LogP) is 21.6. The van der Waals surface area contributed by atoms with Crippen molar-refractivity contribution in [2.75, 3.05) is 63.5 Å². The van der Waals surface area contributed by atoms with Gasteiger partial charge in [0.2, 0.25) is 29.8 Å². The number of fused-ring (bicyclic) bond motifs is 5. The molecule has 23 heteroatoms. The van der Waals surface area contributed by atoms with Crippen LogP contribution < -0.4 is 53.2 Å². The summed E-state index contributed by atoms with van der Waals surface area (Å²) < 4.78 is 1.91. The van der Waals surface area contributed by atoms with Crippen molar-refractivity contribution in [2.45, 2.75) is 83.0 Å². The summed E-state index contributed by atoms with van der Waals surface area (Å²) in [5.41, 5.74) is 49.6. The second kappa shape index (κ2) is 37.7. The van der Waals surface area contributed by atoms with Crippen molar-refractivity contribution in [2.24, 2.45) is 53.6 Å². The van der Waals surface area contributed by atoms with Gasteiger partial charge in [-0.25, -0.2) is 25.0 Å². The highest BCUT2D eigenvalue weighted by molar-refractivity contribution is 9.11. The molecular formula is C83H84Br2Cl5N15S. The van der Waals surface area contributed by atoms with Gasteiger partial charge in [-0.15, -0.1) is 11.8 Å². The van der Waals surface area contributed by atoms with Gasteiger partial charge in [0.05, 0.1) is 38.5 Å². The van der Waals surface area contributed by atoms with Crippen LogP contribution in [-0.2, 0) is 32.1 Å². The van der Waals surface area contributed by atoms with Crippen LogP contribution in [0.5, 0.6) is 0 Å². The predicted molar refractivity (Wildman–Crippen MR) is 461 cm³/mol. The second-order valence-electron chi connectivity index (χ2n) is 25.7. The van der Waals surface area contributed by atoms with Gasteiger partial charge < -0.3 is 53.2 Å². The number of halogens is 7. The number of aryl methyl sites for hydroxylation is 7. The van der Waals surface area contributed by atoms with Crippen LogP contribution in [-0.4, -0.2) is 68.8 Å². The lowest BCUT2D eigenvalue weighted by atomic mass is 10.0. The number of thioether (sulfide) groups is 1. The van der Waals surface area contributed by atoms with Crippen molar-refractivity contribution in [3.8, 4) is 0 Å². The summed E-state index contributed by atoms with van der Waals surface area (Å²) in [7, 11) is 0. The standard InChI is InChI=1S/C18H21N3.C17H18ClN3S.C16H15Br2N3.2C16H15Cl2N3/c1-13-9-10-14(2)16(12-13)20-18(19)21-11-5-7-15-6-3-4-8-17(15)21;1-22-13-8-9-14(18)15(11-13)20-17(19)21-10-4-6-12-5-2-3-7-16(12)21;2*17-12-7-8-13(18)14(10-12)20-16(19)21-9-3-5-11-4-1-2-6-15(11)21;17-12-8-13(18)10-14(9-12)20-16(19)21-7-3-5-11-4-1-2-6-15(11)21/h3-4,6,8-10,12H,5,7,11H2,1-2H3,(H2,19,20);2-3,5,7-9,11H,4,6,10H2,1H3,(H2,19,20);2*1-2,4,6-8,10H,3,5,9H2,(H2,19,20);1-2,4,6,8-10H,3,5,7H2,(H2,19,20). The third-order valence-electron chi connectivity index (χ3n) is 18.3. The van der Waals surface area contributed by atoms with E-state index in [0.29, 0.717) is 72.0 Å². The number of guanidine groups is 5. The summed E-state index contributed by atoms with van der Waals surface area (Å²) in [5.74, 6) is 2.50. The number of anilines is 5. The van der Waals surface area contributed by atoms with Gasteiger partial charge in [0.15, 0.2) is 0 Å². The summed E-state index contributed by atoms with van der Waals surface area (Å²) in [6.07, 6.45) is 12.9. The van der Waals surface area contributed by atoms with Crippen LogP contribution in [0.1, 0.15) is 71.0 Å². The number of rotatable bonds is 6. The lowest BCUT2D eigenvalue weighted by Crippen LogP contribution is -2.40. The Bertz CT molecular complexity index is 4610. The molecule has 0 bridgehead atoms. The molecule has 10 N–H and O–H groups in total. The summed E-state index contributed by atoms with van der Waals surface area (Å²) in [6.45, 7) is 8.56. The maximum absolute atomic E-state index is 6.29. The highest BCUT2D eigenvalue weighted by Gasteiger charge is 2.25. The molecule has 5 aliphatic heterocycles. The topological polar surface area (TPSA) is 208 Å². The van der Waals surface area contributed by atoms with Crippen LogP contribution in [0.3, 0.4) is 0 Å². The van der Waals surface area contributed by atoms with E-state index in [1.807, 2.05) is 88.9 Å². The van der Waals surface area contributed by atoms with Gasteiger partial charge in [-0.2, -0.15) is 0 Å². The van der Waals surface area contributed by atoms with E-state index in [4.69, 9.17) is 86.7 Å². The lowest BCUT2D eigenvalue weighted by Gasteiger charge is -2.30. The van der Waals surface area contributed by atoms with E-state index in [1.54, 1.807) is 48.2 Å². The smallest absolute Gasteiger partial charge is 0.201 e. The molecule has 0 spiro atoms. The first-order valence-corrected chi connectivity index (χ1v) is 39.7. The van der Waals surface area contributed by atoms with Gasteiger partial charge in [-0.3, -0.25) is 0 Å². The number of aliphatic imine (C=N–C) groups is 5. The van der Waals surface area contributed by atoms with Gasteiger partial charge in [0.1, 0.15) is 0 Å². The van der Waals surface area contributed by atoms with Crippen LogP contribution in [0.15, 0.2) is 251 Å². The first-order chi connectivity index (χ1) is 51.3. The van der Waals surface area contributed by atoms with Crippen LogP contribution in [0.25, 0.3) is 0 Å². The van der Waals surface area contributed by atoms with E-state index >= 15 is 0 Å². The normalized spacial score (nSPS) is 14.9. The molecule has 106 heavy (non-hydrogen) atoms. The van der Waals surface area contributed by atoms with Gasteiger partial charge >= 0.3 is 0 Å². The molecule has 0 aromatic heterocycles. The first kappa shape index (κ1) is 78.4. The molecular weight excluding hydrogens is 1580 g/mol. The molecule has 0 radical (unpaired) electrons. The molecule has 0 saturated carbocycles. The molecule has 0 amide bonds. The van der Waals surface area contributed by atoms with E-state index in [0.717, 1.165) is 150 Å².